The molecule has 2 aromatic heterocycles. The third-order valence-corrected chi connectivity index (χ3v) is 5.23. The number of ketones is 1. The highest BCUT2D eigenvalue weighted by Crippen LogP contribution is 2.33. The van der Waals surface area contributed by atoms with Crippen molar-refractivity contribution in [3.05, 3.63) is 35.8 Å². The number of rotatable bonds is 2. The first-order valence-corrected chi connectivity index (χ1v) is 8.47. The Balaban J connectivity index is 1.50. The number of piperidine rings is 1. The van der Waals surface area contributed by atoms with Gasteiger partial charge < -0.3 is 14.0 Å². The molecule has 0 aromatic carbocycles. The molecule has 126 valence electrons. The lowest BCUT2D eigenvalue weighted by Gasteiger charge is -2.37. The number of imidazole rings is 1. The van der Waals surface area contributed by atoms with Crippen LogP contribution in [0.25, 0.3) is 5.65 Å². The number of aryl methyl sites for hydroxylation is 1. The number of nitrogens with zero attached hydrogens (tertiary/aromatic N) is 3. The van der Waals surface area contributed by atoms with Crippen molar-refractivity contribution in [2.75, 3.05) is 19.7 Å². The van der Waals surface area contributed by atoms with E-state index in [-0.39, 0.29) is 24.7 Å². The van der Waals surface area contributed by atoms with Crippen LogP contribution in [0, 0.1) is 6.92 Å². The van der Waals surface area contributed by atoms with Crippen molar-refractivity contribution < 1.29 is 14.3 Å². The molecule has 6 heteroatoms. The molecule has 0 radical (unpaired) electrons. The van der Waals surface area contributed by atoms with Crippen LogP contribution in [0.2, 0.25) is 0 Å². The lowest BCUT2D eigenvalue weighted by molar-refractivity contribution is -0.152. The molecule has 0 saturated carbocycles. The predicted octanol–water partition coefficient (Wildman–Crippen LogP) is 1.54. The SMILES string of the molecule is Cc1nc2ccccn2c1CC(=O)N1CC[C@]2(CCCO2)C(=O)C1. The molecule has 0 N–H and O–H groups in total. The summed E-state index contributed by atoms with van der Waals surface area (Å²) in [6.45, 7) is 3.31. The van der Waals surface area contributed by atoms with Crippen LogP contribution in [0.1, 0.15) is 30.7 Å². The van der Waals surface area contributed by atoms with Crippen molar-refractivity contribution in [2.24, 2.45) is 0 Å². The molecule has 2 aliphatic rings. The Labute approximate surface area is 140 Å². The summed E-state index contributed by atoms with van der Waals surface area (Å²) in [7, 11) is 0. The average Bonchev–Trinajstić information content (AvgIpc) is 3.16. The van der Waals surface area contributed by atoms with E-state index in [0.29, 0.717) is 19.6 Å². The van der Waals surface area contributed by atoms with E-state index >= 15 is 0 Å². The normalized spacial score (nSPS) is 24.2. The molecule has 0 bridgehead atoms. The second-order valence-electron chi connectivity index (χ2n) is 6.68. The summed E-state index contributed by atoms with van der Waals surface area (Å²) in [6.07, 6.45) is 4.52. The van der Waals surface area contributed by atoms with Gasteiger partial charge in [-0.1, -0.05) is 6.07 Å². The second-order valence-corrected chi connectivity index (χ2v) is 6.68. The Kier molecular flexibility index (Phi) is 3.64. The molecule has 0 aliphatic carbocycles. The highest BCUT2D eigenvalue weighted by atomic mass is 16.5. The number of aromatic nitrogens is 2. The zero-order chi connectivity index (χ0) is 16.7. The van der Waals surface area contributed by atoms with E-state index in [1.807, 2.05) is 35.7 Å². The minimum absolute atomic E-state index is 0.0232. The van der Waals surface area contributed by atoms with Crippen LogP contribution in [0.15, 0.2) is 24.4 Å². The number of hydrogen-bond acceptors (Lipinski definition) is 4. The molecule has 1 amide bonds. The van der Waals surface area contributed by atoms with Crippen LogP contribution in [0.4, 0.5) is 0 Å². The summed E-state index contributed by atoms with van der Waals surface area (Å²) in [6, 6.07) is 5.78. The molecular formula is C18H21N3O3. The van der Waals surface area contributed by atoms with Gasteiger partial charge in [0.05, 0.1) is 24.4 Å². The summed E-state index contributed by atoms with van der Waals surface area (Å²) in [5, 5.41) is 0. The van der Waals surface area contributed by atoms with Crippen LogP contribution in [0.3, 0.4) is 0 Å². The van der Waals surface area contributed by atoms with E-state index in [2.05, 4.69) is 4.98 Å². The smallest absolute Gasteiger partial charge is 0.228 e. The minimum atomic E-state index is -0.615. The van der Waals surface area contributed by atoms with Gasteiger partial charge in [-0.15, -0.1) is 0 Å². The van der Waals surface area contributed by atoms with Crippen LogP contribution in [0.5, 0.6) is 0 Å². The fraction of sp³-hybridized carbons (Fsp3) is 0.500. The summed E-state index contributed by atoms with van der Waals surface area (Å²) >= 11 is 0. The molecule has 1 atom stereocenters. The van der Waals surface area contributed by atoms with Crippen molar-refractivity contribution in [3.8, 4) is 0 Å². The highest BCUT2D eigenvalue weighted by Gasteiger charge is 2.46. The maximum atomic E-state index is 12.7. The summed E-state index contributed by atoms with van der Waals surface area (Å²) < 4.78 is 7.65. The molecule has 4 heterocycles. The molecule has 2 aromatic rings. The first-order chi connectivity index (χ1) is 11.6. The Hall–Kier alpha value is -2.21. The molecule has 2 saturated heterocycles. The quantitative estimate of drug-likeness (QED) is 0.839. The average molecular weight is 327 g/mol. The van der Waals surface area contributed by atoms with Gasteiger partial charge in [-0.25, -0.2) is 4.98 Å². The lowest BCUT2D eigenvalue weighted by Crippen LogP contribution is -2.54. The highest BCUT2D eigenvalue weighted by molar-refractivity contribution is 5.94. The van der Waals surface area contributed by atoms with E-state index in [0.717, 1.165) is 29.9 Å². The predicted molar refractivity (Wildman–Crippen MR) is 87.8 cm³/mol. The largest absolute Gasteiger partial charge is 0.367 e. The lowest BCUT2D eigenvalue weighted by atomic mass is 9.87. The van der Waals surface area contributed by atoms with E-state index in [1.165, 1.54) is 0 Å². The zero-order valence-corrected chi connectivity index (χ0v) is 13.8. The summed E-state index contributed by atoms with van der Waals surface area (Å²) in [4.78, 5) is 31.3. The number of fused-ring (bicyclic) bond motifs is 1. The van der Waals surface area contributed by atoms with E-state index in [9.17, 15) is 9.59 Å². The Morgan fingerprint density at radius 2 is 2.25 bits per heavy atom. The van der Waals surface area contributed by atoms with Crippen LogP contribution < -0.4 is 0 Å². The number of pyridine rings is 1. The van der Waals surface area contributed by atoms with Gasteiger partial charge in [0.1, 0.15) is 11.2 Å². The summed E-state index contributed by atoms with van der Waals surface area (Å²) in [5.74, 6) is 0.0272. The molecule has 6 nitrogen and oxygen atoms in total. The number of amides is 1. The van der Waals surface area contributed by atoms with Crippen LogP contribution in [-0.4, -0.2) is 51.3 Å². The van der Waals surface area contributed by atoms with Gasteiger partial charge in [0.15, 0.2) is 5.78 Å². The Morgan fingerprint density at radius 3 is 3.00 bits per heavy atom. The fourth-order valence-corrected chi connectivity index (χ4v) is 3.81. The number of Topliss-reactive ketones (excluding diaryl/α,β-unsaturated/α-hetero) is 1. The van der Waals surface area contributed by atoms with Crippen molar-refractivity contribution in [3.63, 3.8) is 0 Å². The molecule has 0 unspecified atom stereocenters. The first kappa shape index (κ1) is 15.3. The number of hydrogen-bond donors (Lipinski definition) is 0. The summed E-state index contributed by atoms with van der Waals surface area (Å²) in [5.41, 5.74) is 1.97. The standard InChI is InChI=1S/C18H21N3O3/c1-13-14(21-8-3-2-5-16(21)19-13)11-17(23)20-9-7-18(15(22)12-20)6-4-10-24-18/h2-3,5,8H,4,6-7,9-12H2,1H3/t18-/m1/s1. The minimum Gasteiger partial charge on any atom is -0.367 e. The van der Waals surface area contributed by atoms with Gasteiger partial charge >= 0.3 is 0 Å². The number of carbonyl (C=O) groups is 2. The van der Waals surface area contributed by atoms with Crippen LogP contribution >= 0.6 is 0 Å². The van der Waals surface area contributed by atoms with Crippen LogP contribution in [-0.2, 0) is 20.7 Å². The molecule has 1 spiro atoms. The van der Waals surface area contributed by atoms with Gasteiger partial charge in [0.2, 0.25) is 5.91 Å². The van der Waals surface area contributed by atoms with Gasteiger partial charge in [0.25, 0.3) is 0 Å². The van der Waals surface area contributed by atoms with Crippen molar-refractivity contribution >= 4 is 17.3 Å². The molecule has 4 rings (SSSR count). The number of likely N-dealkylation sites (tertiary alicyclic amines) is 1. The van der Waals surface area contributed by atoms with E-state index in [1.54, 1.807) is 4.90 Å². The number of carbonyl (C=O) groups excluding carboxylic acids is 2. The third-order valence-electron chi connectivity index (χ3n) is 5.23. The fourth-order valence-electron chi connectivity index (χ4n) is 3.81. The Bertz CT molecular complexity index is 805. The maximum Gasteiger partial charge on any atom is 0.228 e. The van der Waals surface area contributed by atoms with E-state index in [4.69, 9.17) is 4.74 Å². The number of ether oxygens (including phenoxy) is 1. The molecule has 2 aliphatic heterocycles. The van der Waals surface area contributed by atoms with Gasteiger partial charge in [-0.2, -0.15) is 0 Å². The topological polar surface area (TPSA) is 63.9 Å². The third kappa shape index (κ3) is 2.41. The maximum absolute atomic E-state index is 12.7. The van der Waals surface area contributed by atoms with E-state index < -0.39 is 5.60 Å². The van der Waals surface area contributed by atoms with Crippen molar-refractivity contribution in [1.82, 2.24) is 14.3 Å². The molecule has 2 fully saturated rings. The van der Waals surface area contributed by atoms with Gasteiger partial charge in [-0.05, 0) is 31.9 Å². The van der Waals surface area contributed by atoms with Gasteiger partial charge in [0, 0.05) is 25.8 Å². The zero-order valence-electron chi connectivity index (χ0n) is 13.8. The van der Waals surface area contributed by atoms with Crippen molar-refractivity contribution in [1.29, 1.82) is 0 Å². The van der Waals surface area contributed by atoms with Crippen molar-refractivity contribution in [2.45, 2.75) is 38.2 Å². The second kappa shape index (κ2) is 5.70. The monoisotopic (exact) mass is 327 g/mol. The first-order valence-electron chi connectivity index (χ1n) is 8.47. The molecule has 24 heavy (non-hydrogen) atoms. The van der Waals surface area contributed by atoms with Gasteiger partial charge in [-0.3, -0.25) is 9.59 Å². The Morgan fingerprint density at radius 1 is 1.38 bits per heavy atom. The molecular weight excluding hydrogens is 306 g/mol.